The third kappa shape index (κ3) is 5.24. The largest absolute Gasteiger partial charge is 0.333 e. The first-order valence-corrected chi connectivity index (χ1v) is 7.58. The fourth-order valence-electron chi connectivity index (χ4n) is 1.66. The summed E-state index contributed by atoms with van der Waals surface area (Å²) in [4.78, 5) is 10.4. The van der Waals surface area contributed by atoms with Gasteiger partial charge in [0, 0.05) is 6.42 Å². The van der Waals surface area contributed by atoms with Crippen molar-refractivity contribution in [2.45, 2.75) is 52.1 Å². The predicted molar refractivity (Wildman–Crippen MR) is 64.9 cm³/mol. The first-order valence-electron chi connectivity index (χ1n) is 5.97. The van der Waals surface area contributed by atoms with Gasteiger partial charge in [0.15, 0.2) is 0 Å². The summed E-state index contributed by atoms with van der Waals surface area (Å²) in [5.74, 6) is 0. The van der Waals surface area contributed by atoms with E-state index < -0.39 is 7.60 Å². The van der Waals surface area contributed by atoms with E-state index in [1.165, 1.54) is 0 Å². The summed E-state index contributed by atoms with van der Waals surface area (Å²) in [5, 5.41) is 0. The summed E-state index contributed by atoms with van der Waals surface area (Å²) < 4.78 is 23.0. The quantitative estimate of drug-likeness (QED) is 0.440. The summed E-state index contributed by atoms with van der Waals surface area (Å²) in [7, 11) is -3.03. The Morgan fingerprint density at radius 2 is 1.69 bits per heavy atom. The zero-order valence-electron chi connectivity index (χ0n) is 10.5. The van der Waals surface area contributed by atoms with Gasteiger partial charge < -0.3 is 13.8 Å². The molecule has 0 aliphatic heterocycles. The molecule has 0 rings (SSSR count). The molecular formula is C11H23O4P. The molecule has 0 aromatic rings. The van der Waals surface area contributed by atoms with Crippen LogP contribution in [0.3, 0.4) is 0 Å². The molecule has 0 heterocycles. The highest BCUT2D eigenvalue weighted by Crippen LogP contribution is 2.55. The van der Waals surface area contributed by atoms with Gasteiger partial charge >= 0.3 is 7.60 Å². The van der Waals surface area contributed by atoms with Gasteiger partial charge in [0.2, 0.25) is 0 Å². The average Bonchev–Trinajstić information content (AvgIpc) is 2.24. The highest BCUT2D eigenvalue weighted by atomic mass is 31.2. The van der Waals surface area contributed by atoms with Gasteiger partial charge in [-0.25, -0.2) is 0 Å². The fourth-order valence-corrected chi connectivity index (χ4v) is 3.92. The van der Waals surface area contributed by atoms with Crippen molar-refractivity contribution < 1.29 is 18.4 Å². The second kappa shape index (κ2) is 8.91. The van der Waals surface area contributed by atoms with Crippen molar-refractivity contribution in [3.63, 3.8) is 0 Å². The predicted octanol–water partition coefficient (Wildman–Crippen LogP) is 3.40. The number of rotatable bonds is 10. The van der Waals surface area contributed by atoms with E-state index in [4.69, 9.17) is 9.05 Å². The Morgan fingerprint density at radius 3 is 2.06 bits per heavy atom. The van der Waals surface area contributed by atoms with Gasteiger partial charge in [0.05, 0.1) is 18.9 Å². The van der Waals surface area contributed by atoms with E-state index in [0.717, 1.165) is 19.1 Å². The third-order valence-corrected chi connectivity index (χ3v) is 4.95. The zero-order chi connectivity index (χ0) is 12.4. The average molecular weight is 250 g/mol. The molecule has 0 N–H and O–H groups in total. The second-order valence-corrected chi connectivity index (χ2v) is 5.89. The van der Waals surface area contributed by atoms with E-state index >= 15 is 0 Å². The maximum Gasteiger partial charge on any atom is 0.333 e. The van der Waals surface area contributed by atoms with Gasteiger partial charge in [-0.15, -0.1) is 0 Å². The Bertz CT molecular complexity index is 220. The maximum absolute atomic E-state index is 12.4. The lowest BCUT2D eigenvalue weighted by atomic mass is 10.1. The Morgan fingerprint density at radius 1 is 1.12 bits per heavy atom. The van der Waals surface area contributed by atoms with Crippen LogP contribution in [0, 0.1) is 0 Å². The lowest BCUT2D eigenvalue weighted by molar-refractivity contribution is -0.107. The monoisotopic (exact) mass is 250 g/mol. The normalized spacial score (nSPS) is 13.7. The van der Waals surface area contributed by atoms with Gasteiger partial charge in [-0.3, -0.25) is 4.57 Å². The van der Waals surface area contributed by atoms with Gasteiger partial charge in [0.25, 0.3) is 0 Å². The molecule has 0 radical (unpaired) electrons. The van der Waals surface area contributed by atoms with Crippen molar-refractivity contribution in [1.82, 2.24) is 0 Å². The molecule has 0 saturated heterocycles. The number of aldehydes is 1. The smallest absolute Gasteiger partial charge is 0.309 e. The van der Waals surface area contributed by atoms with E-state index in [0.29, 0.717) is 26.1 Å². The van der Waals surface area contributed by atoms with Crippen LogP contribution in [0.5, 0.6) is 0 Å². The minimum atomic E-state index is -3.03. The summed E-state index contributed by atoms with van der Waals surface area (Å²) in [5.41, 5.74) is -0.150. The minimum Gasteiger partial charge on any atom is -0.309 e. The Labute approximate surface area is 98.2 Å². The minimum absolute atomic E-state index is 0.150. The molecule has 0 fully saturated rings. The summed E-state index contributed by atoms with van der Waals surface area (Å²) in [6.45, 7) is 6.37. The van der Waals surface area contributed by atoms with Crippen molar-refractivity contribution in [2.24, 2.45) is 0 Å². The van der Waals surface area contributed by atoms with Crippen LogP contribution in [0.25, 0.3) is 0 Å². The number of hydrogen-bond acceptors (Lipinski definition) is 4. The summed E-state index contributed by atoms with van der Waals surface area (Å²) in [6, 6.07) is 0. The van der Waals surface area contributed by atoms with E-state index in [9.17, 15) is 9.36 Å². The van der Waals surface area contributed by atoms with Crippen LogP contribution >= 0.6 is 7.60 Å². The van der Waals surface area contributed by atoms with Crippen LogP contribution in [0.2, 0.25) is 0 Å². The van der Waals surface area contributed by atoms with Crippen LogP contribution < -0.4 is 0 Å². The molecule has 0 aliphatic rings. The molecule has 0 spiro atoms. The fraction of sp³-hybridized carbons (Fsp3) is 0.909. The molecule has 96 valence electrons. The van der Waals surface area contributed by atoms with Crippen molar-refractivity contribution >= 4 is 13.9 Å². The Balaban J connectivity index is 4.62. The maximum atomic E-state index is 12.4. The van der Waals surface area contributed by atoms with Gasteiger partial charge in [0.1, 0.15) is 6.29 Å². The molecule has 0 aromatic heterocycles. The van der Waals surface area contributed by atoms with Crippen LogP contribution in [-0.4, -0.2) is 25.2 Å². The molecule has 0 amide bonds. The van der Waals surface area contributed by atoms with E-state index in [1.807, 2.05) is 6.92 Å². The Hall–Kier alpha value is -0.180. The van der Waals surface area contributed by atoms with Gasteiger partial charge in [-0.1, -0.05) is 13.3 Å². The topological polar surface area (TPSA) is 52.6 Å². The summed E-state index contributed by atoms with van der Waals surface area (Å²) in [6.07, 6.45) is 3.52. The van der Waals surface area contributed by atoms with E-state index in [1.54, 1.807) is 13.8 Å². The highest BCUT2D eigenvalue weighted by Gasteiger charge is 2.34. The second-order valence-electron chi connectivity index (χ2n) is 3.56. The van der Waals surface area contributed by atoms with Gasteiger partial charge in [-0.2, -0.15) is 0 Å². The van der Waals surface area contributed by atoms with Gasteiger partial charge in [-0.05, 0) is 26.7 Å². The van der Waals surface area contributed by atoms with E-state index in [-0.39, 0.29) is 5.66 Å². The van der Waals surface area contributed by atoms with Crippen molar-refractivity contribution in [3.05, 3.63) is 0 Å². The molecule has 0 aliphatic carbocycles. The molecule has 0 saturated carbocycles. The van der Waals surface area contributed by atoms with Crippen LogP contribution in [0.4, 0.5) is 0 Å². The molecule has 1 atom stereocenters. The summed E-state index contributed by atoms with van der Waals surface area (Å²) >= 11 is 0. The third-order valence-electron chi connectivity index (χ3n) is 2.30. The van der Waals surface area contributed by atoms with Crippen LogP contribution in [-0.2, 0) is 18.4 Å². The molecular weight excluding hydrogens is 227 g/mol. The van der Waals surface area contributed by atoms with Crippen LogP contribution in [0.1, 0.15) is 46.5 Å². The molecule has 5 heteroatoms. The standard InChI is InChI=1S/C11H23O4P/c1-4-8-11(9-7-10-12)16(13,14-5-2)15-6-3/h10-11H,4-9H2,1-3H3. The first kappa shape index (κ1) is 15.8. The number of carbonyl (C=O) groups excluding carboxylic acids is 1. The van der Waals surface area contributed by atoms with Crippen molar-refractivity contribution in [1.29, 1.82) is 0 Å². The molecule has 0 bridgehead atoms. The SMILES string of the molecule is CCCC(CCC=O)P(=O)(OCC)OCC. The molecule has 16 heavy (non-hydrogen) atoms. The Kier molecular flexibility index (Phi) is 8.81. The lowest BCUT2D eigenvalue weighted by Crippen LogP contribution is -2.13. The molecule has 1 unspecified atom stereocenters. The van der Waals surface area contributed by atoms with Crippen molar-refractivity contribution in [2.75, 3.05) is 13.2 Å². The molecule has 0 aromatic carbocycles. The zero-order valence-corrected chi connectivity index (χ0v) is 11.4. The van der Waals surface area contributed by atoms with E-state index in [2.05, 4.69) is 0 Å². The number of hydrogen-bond donors (Lipinski definition) is 0. The number of carbonyl (C=O) groups is 1. The highest BCUT2D eigenvalue weighted by molar-refractivity contribution is 7.54. The molecule has 4 nitrogen and oxygen atoms in total. The first-order chi connectivity index (χ1) is 7.64. The van der Waals surface area contributed by atoms with Crippen molar-refractivity contribution in [3.8, 4) is 0 Å². The van der Waals surface area contributed by atoms with Crippen LogP contribution in [0.15, 0.2) is 0 Å². The lowest BCUT2D eigenvalue weighted by Gasteiger charge is -2.25.